The molecule has 108 valence electrons. The molecule has 1 aromatic rings. The topological polar surface area (TPSA) is 84.2 Å². The van der Waals surface area contributed by atoms with E-state index in [1.165, 1.54) is 0 Å². The summed E-state index contributed by atoms with van der Waals surface area (Å²) in [4.78, 5) is 0. The number of nitrogens with one attached hydrogen (secondary N) is 2. The minimum atomic E-state index is -3.11. The number of nitrogen functional groups attached to an aromatic ring is 1. The maximum atomic E-state index is 11.2. The first-order valence-electron chi connectivity index (χ1n) is 6.58. The van der Waals surface area contributed by atoms with Gasteiger partial charge < -0.3 is 11.1 Å². The molecule has 0 radical (unpaired) electrons. The zero-order valence-electron chi connectivity index (χ0n) is 11.6. The lowest BCUT2D eigenvalue weighted by atomic mass is 10.1. The molecule has 5 nitrogen and oxygen atoms in total. The third-order valence-electron chi connectivity index (χ3n) is 2.82. The normalized spacial score (nSPS) is 11.5. The lowest BCUT2D eigenvalue weighted by Crippen LogP contribution is -2.30. The minimum absolute atomic E-state index is 0.107. The van der Waals surface area contributed by atoms with Gasteiger partial charge in [-0.15, -0.1) is 0 Å². The fourth-order valence-electron chi connectivity index (χ4n) is 1.72. The van der Waals surface area contributed by atoms with E-state index in [2.05, 4.69) is 17.0 Å². The van der Waals surface area contributed by atoms with Gasteiger partial charge in [0.15, 0.2) is 0 Å². The second-order valence-electron chi connectivity index (χ2n) is 4.39. The number of hydrogen-bond donors (Lipinski definition) is 3. The lowest BCUT2D eigenvalue weighted by Gasteiger charge is -2.11. The number of anilines is 2. The van der Waals surface area contributed by atoms with Crippen LogP contribution in [0.2, 0.25) is 0 Å². The minimum Gasteiger partial charge on any atom is -0.399 e. The van der Waals surface area contributed by atoms with Crippen molar-refractivity contribution in [3.63, 3.8) is 0 Å². The SMILES string of the molecule is CCCc1cc(NCCNS(=O)(=O)CC)ccc1N. The molecular formula is C13H23N3O2S. The Kier molecular flexibility index (Phi) is 6.11. The van der Waals surface area contributed by atoms with Crippen LogP contribution in [0.3, 0.4) is 0 Å². The molecule has 0 bridgehead atoms. The number of sulfonamides is 1. The molecule has 0 atom stereocenters. The van der Waals surface area contributed by atoms with Crippen molar-refractivity contribution < 1.29 is 8.42 Å². The summed E-state index contributed by atoms with van der Waals surface area (Å²) in [5, 5.41) is 3.18. The van der Waals surface area contributed by atoms with Gasteiger partial charge in [0.2, 0.25) is 10.0 Å². The smallest absolute Gasteiger partial charge is 0.211 e. The van der Waals surface area contributed by atoms with E-state index in [0.29, 0.717) is 13.1 Å². The third kappa shape index (κ3) is 5.48. The average molecular weight is 285 g/mol. The first-order chi connectivity index (χ1) is 8.98. The zero-order chi connectivity index (χ0) is 14.3. The maximum absolute atomic E-state index is 11.2. The first kappa shape index (κ1) is 15.8. The van der Waals surface area contributed by atoms with Gasteiger partial charge in [-0.1, -0.05) is 13.3 Å². The second kappa shape index (κ2) is 7.35. The summed E-state index contributed by atoms with van der Waals surface area (Å²) in [6.45, 7) is 4.66. The summed E-state index contributed by atoms with van der Waals surface area (Å²) in [5.41, 5.74) is 8.78. The van der Waals surface area contributed by atoms with Crippen molar-refractivity contribution in [3.05, 3.63) is 23.8 Å². The quantitative estimate of drug-likeness (QED) is 0.500. The highest BCUT2D eigenvalue weighted by Crippen LogP contribution is 2.19. The predicted octanol–water partition coefficient (Wildman–Crippen LogP) is 1.57. The maximum Gasteiger partial charge on any atom is 0.211 e. The van der Waals surface area contributed by atoms with Gasteiger partial charge in [-0.25, -0.2) is 13.1 Å². The summed E-state index contributed by atoms with van der Waals surface area (Å²) >= 11 is 0. The summed E-state index contributed by atoms with van der Waals surface area (Å²) in [5.74, 6) is 0.107. The number of rotatable bonds is 8. The second-order valence-corrected chi connectivity index (χ2v) is 6.48. The third-order valence-corrected chi connectivity index (χ3v) is 4.22. The Bertz CT molecular complexity index is 501. The Morgan fingerprint density at radius 2 is 1.95 bits per heavy atom. The van der Waals surface area contributed by atoms with Gasteiger partial charge in [0.05, 0.1) is 5.75 Å². The van der Waals surface area contributed by atoms with E-state index in [1.807, 2.05) is 18.2 Å². The van der Waals surface area contributed by atoms with Crippen molar-refractivity contribution in [1.29, 1.82) is 0 Å². The standard InChI is InChI=1S/C13H23N3O2S/c1-3-5-11-10-12(6-7-13(11)14)15-8-9-16-19(17,18)4-2/h6-7,10,15-16H,3-5,8-9,14H2,1-2H3. The fourth-order valence-corrected chi connectivity index (χ4v) is 2.33. The Labute approximate surface area is 115 Å². The van der Waals surface area contributed by atoms with Crippen LogP contribution in [0.1, 0.15) is 25.8 Å². The van der Waals surface area contributed by atoms with Crippen LogP contribution in [0.25, 0.3) is 0 Å². The molecular weight excluding hydrogens is 262 g/mol. The van der Waals surface area contributed by atoms with E-state index in [1.54, 1.807) is 6.92 Å². The average Bonchev–Trinajstić information content (AvgIpc) is 2.38. The van der Waals surface area contributed by atoms with E-state index in [4.69, 9.17) is 5.73 Å². The van der Waals surface area contributed by atoms with E-state index >= 15 is 0 Å². The molecule has 0 aliphatic rings. The largest absolute Gasteiger partial charge is 0.399 e. The van der Waals surface area contributed by atoms with Crippen LogP contribution in [-0.4, -0.2) is 27.3 Å². The molecule has 0 aliphatic heterocycles. The Hall–Kier alpha value is -1.27. The molecule has 1 rings (SSSR count). The van der Waals surface area contributed by atoms with Crippen LogP contribution in [0.4, 0.5) is 11.4 Å². The van der Waals surface area contributed by atoms with Crippen molar-refractivity contribution in [2.45, 2.75) is 26.7 Å². The molecule has 0 spiro atoms. The van der Waals surface area contributed by atoms with Crippen molar-refractivity contribution in [1.82, 2.24) is 4.72 Å². The molecule has 6 heteroatoms. The monoisotopic (exact) mass is 285 g/mol. The van der Waals surface area contributed by atoms with Crippen molar-refractivity contribution in [3.8, 4) is 0 Å². The van der Waals surface area contributed by atoms with E-state index in [-0.39, 0.29) is 5.75 Å². The first-order valence-corrected chi connectivity index (χ1v) is 8.23. The highest BCUT2D eigenvalue weighted by Gasteiger charge is 2.04. The predicted molar refractivity (Wildman–Crippen MR) is 80.8 cm³/mol. The molecule has 0 fully saturated rings. The molecule has 0 aromatic heterocycles. The molecule has 0 unspecified atom stereocenters. The Morgan fingerprint density at radius 3 is 2.58 bits per heavy atom. The lowest BCUT2D eigenvalue weighted by molar-refractivity contribution is 0.584. The molecule has 1 aromatic carbocycles. The number of nitrogens with two attached hydrogens (primary N) is 1. The summed E-state index contributed by atoms with van der Waals surface area (Å²) in [6, 6.07) is 5.81. The van der Waals surface area contributed by atoms with Crippen molar-refractivity contribution in [2.24, 2.45) is 0 Å². The summed E-state index contributed by atoms with van der Waals surface area (Å²) < 4.78 is 25.0. The highest BCUT2D eigenvalue weighted by molar-refractivity contribution is 7.89. The van der Waals surface area contributed by atoms with Gasteiger partial charge in [-0.3, -0.25) is 0 Å². The number of benzene rings is 1. The molecule has 0 aliphatic carbocycles. The van der Waals surface area contributed by atoms with Gasteiger partial charge >= 0.3 is 0 Å². The molecule has 0 saturated carbocycles. The van der Waals surface area contributed by atoms with Gasteiger partial charge in [0.25, 0.3) is 0 Å². The van der Waals surface area contributed by atoms with Gasteiger partial charge in [0, 0.05) is 24.5 Å². The number of aryl methyl sites for hydroxylation is 1. The molecule has 0 saturated heterocycles. The van der Waals surface area contributed by atoms with Crippen LogP contribution >= 0.6 is 0 Å². The van der Waals surface area contributed by atoms with Crippen LogP contribution in [0.5, 0.6) is 0 Å². The Balaban J connectivity index is 2.48. The van der Waals surface area contributed by atoms with Gasteiger partial charge in [-0.05, 0) is 37.1 Å². The van der Waals surface area contributed by atoms with Crippen LogP contribution in [-0.2, 0) is 16.4 Å². The molecule has 19 heavy (non-hydrogen) atoms. The van der Waals surface area contributed by atoms with E-state index in [9.17, 15) is 8.42 Å². The Morgan fingerprint density at radius 1 is 1.21 bits per heavy atom. The molecule has 0 amide bonds. The van der Waals surface area contributed by atoms with Crippen molar-refractivity contribution >= 4 is 21.4 Å². The van der Waals surface area contributed by atoms with E-state index < -0.39 is 10.0 Å². The highest BCUT2D eigenvalue weighted by atomic mass is 32.2. The van der Waals surface area contributed by atoms with Gasteiger partial charge in [-0.2, -0.15) is 0 Å². The molecule has 4 N–H and O–H groups in total. The zero-order valence-corrected chi connectivity index (χ0v) is 12.4. The van der Waals surface area contributed by atoms with Gasteiger partial charge in [0.1, 0.15) is 0 Å². The van der Waals surface area contributed by atoms with E-state index in [0.717, 1.165) is 29.8 Å². The van der Waals surface area contributed by atoms with Crippen LogP contribution in [0.15, 0.2) is 18.2 Å². The fraction of sp³-hybridized carbons (Fsp3) is 0.538. The van der Waals surface area contributed by atoms with Crippen LogP contribution in [0, 0.1) is 0 Å². The van der Waals surface area contributed by atoms with Crippen molar-refractivity contribution in [2.75, 3.05) is 29.9 Å². The summed E-state index contributed by atoms with van der Waals surface area (Å²) in [7, 11) is -3.11. The molecule has 0 heterocycles. The number of hydrogen-bond acceptors (Lipinski definition) is 4. The van der Waals surface area contributed by atoms with Crippen LogP contribution < -0.4 is 15.8 Å². The summed E-state index contributed by atoms with van der Waals surface area (Å²) in [6.07, 6.45) is 1.99.